The van der Waals surface area contributed by atoms with Crippen molar-refractivity contribution < 1.29 is 9.59 Å². The van der Waals surface area contributed by atoms with Gasteiger partial charge in [0.15, 0.2) is 0 Å². The maximum absolute atomic E-state index is 12.1. The van der Waals surface area contributed by atoms with Gasteiger partial charge in [-0.3, -0.25) is 14.6 Å². The number of anilines is 1. The second-order valence-electron chi connectivity index (χ2n) is 5.56. The molecule has 6 heteroatoms. The predicted molar refractivity (Wildman–Crippen MR) is 94.8 cm³/mol. The molecule has 0 unspecified atom stereocenters. The van der Waals surface area contributed by atoms with Crippen molar-refractivity contribution in [3.8, 4) is 0 Å². The first kappa shape index (κ1) is 17.9. The van der Waals surface area contributed by atoms with Gasteiger partial charge < -0.3 is 10.2 Å². The number of carbonyl (C=O) groups is 2. The van der Waals surface area contributed by atoms with Gasteiger partial charge in [-0.15, -0.1) is 0 Å². The lowest BCUT2D eigenvalue weighted by atomic mass is 10.2. The van der Waals surface area contributed by atoms with Crippen LogP contribution >= 0.6 is 11.6 Å². The molecule has 0 atom stereocenters. The van der Waals surface area contributed by atoms with Crippen molar-refractivity contribution in [3.05, 3.63) is 58.9 Å². The maximum atomic E-state index is 12.1. The van der Waals surface area contributed by atoms with Crippen molar-refractivity contribution in [2.24, 2.45) is 0 Å². The Bertz CT molecular complexity index is 719. The highest BCUT2D eigenvalue weighted by molar-refractivity contribution is 6.31. The number of rotatable bonds is 6. The molecule has 0 aliphatic heterocycles. The van der Waals surface area contributed by atoms with Crippen LogP contribution < -0.4 is 5.32 Å². The van der Waals surface area contributed by atoms with Crippen molar-refractivity contribution >= 4 is 29.1 Å². The summed E-state index contributed by atoms with van der Waals surface area (Å²) in [6.45, 7) is 4.17. The standard InChI is InChI=1S/C18H20ClN3O2/c1-13-5-6-16(10-17(13)19)21-18(24)7-9-22(14(2)23)12-15-4-3-8-20-11-15/h3-6,8,10-11H,7,9,12H2,1-2H3,(H,21,24). The van der Waals surface area contributed by atoms with Crippen LogP contribution in [0.4, 0.5) is 5.69 Å². The molecule has 5 nitrogen and oxygen atoms in total. The van der Waals surface area contributed by atoms with E-state index in [1.165, 1.54) is 6.92 Å². The van der Waals surface area contributed by atoms with E-state index >= 15 is 0 Å². The van der Waals surface area contributed by atoms with Gasteiger partial charge in [0.25, 0.3) is 0 Å². The van der Waals surface area contributed by atoms with Crippen molar-refractivity contribution in [3.63, 3.8) is 0 Å². The zero-order valence-electron chi connectivity index (χ0n) is 13.8. The molecule has 0 saturated heterocycles. The molecule has 0 fully saturated rings. The van der Waals surface area contributed by atoms with Crippen molar-refractivity contribution in [1.29, 1.82) is 0 Å². The average Bonchev–Trinajstić information content (AvgIpc) is 2.55. The highest BCUT2D eigenvalue weighted by Gasteiger charge is 2.12. The lowest BCUT2D eigenvalue weighted by molar-refractivity contribution is -0.129. The van der Waals surface area contributed by atoms with Gasteiger partial charge >= 0.3 is 0 Å². The first-order valence-corrected chi connectivity index (χ1v) is 8.04. The molecular formula is C18H20ClN3O2. The molecule has 2 rings (SSSR count). The zero-order valence-corrected chi connectivity index (χ0v) is 14.5. The zero-order chi connectivity index (χ0) is 17.5. The molecule has 1 aromatic carbocycles. The predicted octanol–water partition coefficient (Wildman–Crippen LogP) is 3.42. The first-order chi connectivity index (χ1) is 11.5. The lowest BCUT2D eigenvalue weighted by Gasteiger charge is -2.20. The largest absolute Gasteiger partial charge is 0.338 e. The fourth-order valence-electron chi connectivity index (χ4n) is 2.19. The van der Waals surface area contributed by atoms with Crippen LogP contribution in [-0.4, -0.2) is 28.2 Å². The van der Waals surface area contributed by atoms with E-state index in [1.807, 2.05) is 25.1 Å². The van der Waals surface area contributed by atoms with E-state index in [9.17, 15) is 9.59 Å². The number of nitrogens with one attached hydrogen (secondary N) is 1. The third kappa shape index (κ3) is 5.35. The van der Waals surface area contributed by atoms with Gasteiger partial charge in [0.05, 0.1) is 0 Å². The van der Waals surface area contributed by atoms with E-state index < -0.39 is 0 Å². The van der Waals surface area contributed by atoms with Crippen LogP contribution in [0.25, 0.3) is 0 Å². The Morgan fingerprint density at radius 1 is 1.29 bits per heavy atom. The quantitative estimate of drug-likeness (QED) is 0.872. The Morgan fingerprint density at radius 3 is 2.71 bits per heavy atom. The summed E-state index contributed by atoms with van der Waals surface area (Å²) in [5, 5.41) is 3.40. The summed E-state index contributed by atoms with van der Waals surface area (Å²) >= 11 is 6.05. The fourth-order valence-corrected chi connectivity index (χ4v) is 2.37. The number of aryl methyl sites for hydroxylation is 1. The van der Waals surface area contributed by atoms with E-state index in [0.717, 1.165) is 11.1 Å². The molecule has 2 amide bonds. The molecule has 0 saturated carbocycles. The second-order valence-corrected chi connectivity index (χ2v) is 5.97. The van der Waals surface area contributed by atoms with E-state index in [2.05, 4.69) is 10.3 Å². The van der Waals surface area contributed by atoms with Crippen molar-refractivity contribution in [2.75, 3.05) is 11.9 Å². The Morgan fingerprint density at radius 2 is 2.08 bits per heavy atom. The Hall–Kier alpha value is -2.40. The third-order valence-electron chi connectivity index (χ3n) is 3.61. The maximum Gasteiger partial charge on any atom is 0.226 e. The summed E-state index contributed by atoms with van der Waals surface area (Å²) in [7, 11) is 0. The Labute approximate surface area is 146 Å². The summed E-state index contributed by atoms with van der Waals surface area (Å²) in [6, 6.07) is 9.09. The van der Waals surface area contributed by atoms with Crippen molar-refractivity contribution in [1.82, 2.24) is 9.88 Å². The molecule has 2 aromatic rings. The van der Waals surface area contributed by atoms with E-state index in [1.54, 1.807) is 29.4 Å². The first-order valence-electron chi connectivity index (χ1n) is 7.66. The smallest absolute Gasteiger partial charge is 0.226 e. The molecule has 0 bridgehead atoms. The minimum atomic E-state index is -0.160. The summed E-state index contributed by atoms with van der Waals surface area (Å²) in [4.78, 5) is 29.5. The molecule has 0 radical (unpaired) electrons. The number of amides is 2. The van der Waals surface area contributed by atoms with E-state index in [4.69, 9.17) is 11.6 Å². The Balaban J connectivity index is 1.90. The number of aromatic nitrogens is 1. The normalized spacial score (nSPS) is 10.3. The van der Waals surface area contributed by atoms with Gasteiger partial charge in [-0.05, 0) is 36.2 Å². The average molecular weight is 346 g/mol. The molecular weight excluding hydrogens is 326 g/mol. The summed E-state index contributed by atoms with van der Waals surface area (Å²) < 4.78 is 0. The van der Waals surface area contributed by atoms with Gasteiger partial charge in [-0.2, -0.15) is 0 Å². The molecule has 126 valence electrons. The third-order valence-corrected chi connectivity index (χ3v) is 4.01. The van der Waals surface area contributed by atoms with Crippen LogP contribution in [0.15, 0.2) is 42.7 Å². The van der Waals surface area contributed by atoms with Crippen molar-refractivity contribution in [2.45, 2.75) is 26.8 Å². The van der Waals surface area contributed by atoms with Crippen LogP contribution in [0.5, 0.6) is 0 Å². The molecule has 0 aliphatic rings. The van der Waals surface area contributed by atoms with E-state index in [0.29, 0.717) is 23.8 Å². The van der Waals surface area contributed by atoms with Crippen LogP contribution in [0.1, 0.15) is 24.5 Å². The van der Waals surface area contributed by atoms with Crippen LogP contribution in [0.3, 0.4) is 0 Å². The summed E-state index contributed by atoms with van der Waals surface area (Å²) in [5.74, 6) is -0.239. The molecule has 0 aliphatic carbocycles. The molecule has 0 spiro atoms. The van der Waals surface area contributed by atoms with E-state index in [-0.39, 0.29) is 18.2 Å². The second kappa shape index (κ2) is 8.45. The highest BCUT2D eigenvalue weighted by atomic mass is 35.5. The van der Waals surface area contributed by atoms with Gasteiger partial charge in [0.1, 0.15) is 0 Å². The van der Waals surface area contributed by atoms with Gasteiger partial charge in [-0.25, -0.2) is 0 Å². The Kier molecular flexibility index (Phi) is 6.32. The number of pyridine rings is 1. The summed E-state index contributed by atoms with van der Waals surface area (Å²) in [6.07, 6.45) is 3.61. The van der Waals surface area contributed by atoms with Crippen LogP contribution in [-0.2, 0) is 16.1 Å². The van der Waals surface area contributed by atoms with Gasteiger partial charge in [-0.1, -0.05) is 23.7 Å². The number of nitrogens with zero attached hydrogens (tertiary/aromatic N) is 2. The minimum absolute atomic E-state index is 0.0787. The molecule has 1 N–H and O–H groups in total. The fraction of sp³-hybridized carbons (Fsp3) is 0.278. The number of carbonyl (C=O) groups excluding carboxylic acids is 2. The van der Waals surface area contributed by atoms with Crippen LogP contribution in [0.2, 0.25) is 5.02 Å². The van der Waals surface area contributed by atoms with Gasteiger partial charge in [0, 0.05) is 49.5 Å². The highest BCUT2D eigenvalue weighted by Crippen LogP contribution is 2.20. The molecule has 1 heterocycles. The number of halogens is 1. The monoisotopic (exact) mass is 345 g/mol. The lowest BCUT2D eigenvalue weighted by Crippen LogP contribution is -2.31. The minimum Gasteiger partial charge on any atom is -0.338 e. The number of hydrogen-bond donors (Lipinski definition) is 1. The SMILES string of the molecule is CC(=O)N(CCC(=O)Nc1ccc(C)c(Cl)c1)Cc1cccnc1. The topological polar surface area (TPSA) is 62.3 Å². The molecule has 24 heavy (non-hydrogen) atoms. The van der Waals surface area contributed by atoms with Gasteiger partial charge in [0.2, 0.25) is 11.8 Å². The summed E-state index contributed by atoms with van der Waals surface area (Å²) in [5.41, 5.74) is 2.53. The van der Waals surface area contributed by atoms with Crippen LogP contribution in [0, 0.1) is 6.92 Å². The molecule has 1 aromatic heterocycles. The number of hydrogen-bond acceptors (Lipinski definition) is 3. The number of benzene rings is 1.